The van der Waals surface area contributed by atoms with E-state index in [0.29, 0.717) is 13.0 Å². The summed E-state index contributed by atoms with van der Waals surface area (Å²) in [7, 11) is -2.14. The zero-order chi connectivity index (χ0) is 14.2. The van der Waals surface area contributed by atoms with Crippen molar-refractivity contribution in [2.45, 2.75) is 33.2 Å². The van der Waals surface area contributed by atoms with Gasteiger partial charge >= 0.3 is 8.80 Å². The molecule has 0 spiro atoms. The number of carbonyl (C=O) groups excluding carboxylic acids is 3. The third kappa shape index (κ3) is 7.02. The molecule has 0 aliphatic rings. The Hall–Kier alpha value is -1.41. The van der Waals surface area contributed by atoms with Gasteiger partial charge in [-0.1, -0.05) is 0 Å². The molecule has 0 heterocycles. The fourth-order valence-electron chi connectivity index (χ4n) is 1.31. The van der Waals surface area contributed by atoms with Gasteiger partial charge in [-0.15, -0.1) is 0 Å². The highest BCUT2D eigenvalue weighted by molar-refractivity contribution is 6.65. The van der Waals surface area contributed by atoms with Crippen LogP contribution in [0.15, 0.2) is 0 Å². The molecular weight excluding hydrogens is 260 g/mol. The van der Waals surface area contributed by atoms with Crippen LogP contribution >= 0.6 is 0 Å². The van der Waals surface area contributed by atoms with Gasteiger partial charge in [-0.05, 0) is 6.42 Å². The van der Waals surface area contributed by atoms with Gasteiger partial charge in [0.1, 0.15) is 0 Å². The van der Waals surface area contributed by atoms with Crippen LogP contribution in [-0.2, 0) is 32.4 Å². The van der Waals surface area contributed by atoms with Crippen molar-refractivity contribution in [1.29, 1.82) is 0 Å². The third-order valence-electron chi connectivity index (χ3n) is 1.73. The maximum Gasteiger partial charge on any atom is 0.705 e. The van der Waals surface area contributed by atoms with Crippen LogP contribution in [0.1, 0.15) is 27.2 Å². The highest BCUT2D eigenvalue weighted by Gasteiger charge is 2.51. The molecule has 8 heteroatoms. The van der Waals surface area contributed by atoms with Crippen LogP contribution in [0.25, 0.3) is 0 Å². The topological polar surface area (TPSA) is 88.1 Å². The molecular formula is C10H18O7Si. The largest absolute Gasteiger partial charge is 0.705 e. The fourth-order valence-corrected chi connectivity index (χ4v) is 3.63. The summed E-state index contributed by atoms with van der Waals surface area (Å²) >= 11 is 0. The molecule has 0 saturated heterocycles. The average molecular weight is 278 g/mol. The summed E-state index contributed by atoms with van der Waals surface area (Å²) in [4.78, 5) is 33.2. The summed E-state index contributed by atoms with van der Waals surface area (Å²) < 4.78 is 19.7. The zero-order valence-electron chi connectivity index (χ0n) is 11.0. The van der Waals surface area contributed by atoms with Gasteiger partial charge in [0.05, 0.1) is 6.04 Å². The Morgan fingerprint density at radius 1 is 0.889 bits per heavy atom. The first-order valence-electron chi connectivity index (χ1n) is 5.39. The summed E-state index contributed by atoms with van der Waals surface area (Å²) in [5.74, 6) is -2.00. The summed E-state index contributed by atoms with van der Waals surface area (Å²) in [5, 5.41) is 0. The Morgan fingerprint density at radius 2 is 1.28 bits per heavy atom. The fraction of sp³-hybridized carbons (Fsp3) is 0.700. The van der Waals surface area contributed by atoms with Crippen LogP contribution < -0.4 is 0 Å². The molecule has 0 amide bonds. The molecule has 0 aliphatic carbocycles. The van der Waals surface area contributed by atoms with Gasteiger partial charge in [0.2, 0.25) is 0 Å². The molecule has 0 unspecified atom stereocenters. The van der Waals surface area contributed by atoms with Crippen LogP contribution in [0.3, 0.4) is 0 Å². The van der Waals surface area contributed by atoms with E-state index in [1.807, 2.05) is 0 Å². The number of hydrogen-bond acceptors (Lipinski definition) is 7. The second-order valence-electron chi connectivity index (χ2n) is 3.56. The van der Waals surface area contributed by atoms with Crippen LogP contribution in [0.5, 0.6) is 0 Å². The summed E-state index contributed by atoms with van der Waals surface area (Å²) in [6.07, 6.45) is 0.441. The van der Waals surface area contributed by atoms with Gasteiger partial charge in [0.15, 0.2) is 0 Å². The van der Waals surface area contributed by atoms with Crippen LogP contribution in [0, 0.1) is 0 Å². The van der Waals surface area contributed by atoms with Crippen molar-refractivity contribution in [3.8, 4) is 0 Å². The number of hydrogen-bond donors (Lipinski definition) is 0. The van der Waals surface area contributed by atoms with E-state index in [4.69, 9.17) is 18.0 Å². The maximum atomic E-state index is 11.1. The predicted octanol–water partition coefficient (Wildman–Crippen LogP) is 0.651. The van der Waals surface area contributed by atoms with E-state index in [-0.39, 0.29) is 6.04 Å². The van der Waals surface area contributed by atoms with E-state index in [0.717, 1.165) is 20.8 Å². The first kappa shape index (κ1) is 16.6. The lowest BCUT2D eigenvalue weighted by atomic mass is 10.5. The monoisotopic (exact) mass is 278 g/mol. The summed E-state index contributed by atoms with van der Waals surface area (Å²) in [5.41, 5.74) is 0. The molecule has 7 nitrogen and oxygen atoms in total. The van der Waals surface area contributed by atoms with Crippen molar-refractivity contribution < 1.29 is 32.4 Å². The molecule has 0 bridgehead atoms. The van der Waals surface area contributed by atoms with Crippen LogP contribution in [0.4, 0.5) is 0 Å². The zero-order valence-corrected chi connectivity index (χ0v) is 12.0. The molecule has 0 saturated carbocycles. The average Bonchev–Trinajstić information content (AvgIpc) is 2.13. The molecule has 104 valence electrons. The molecule has 0 atom stereocenters. The Morgan fingerprint density at radius 3 is 1.56 bits per heavy atom. The van der Waals surface area contributed by atoms with E-state index < -0.39 is 26.7 Å². The normalized spacial score (nSPS) is 10.7. The lowest BCUT2D eigenvalue weighted by molar-refractivity contribution is -0.147. The maximum absolute atomic E-state index is 11.1. The van der Waals surface area contributed by atoms with E-state index in [1.165, 1.54) is 7.11 Å². The SMILES string of the molecule is COCCC[Si](OC(C)=O)(OC(C)=O)OC(C)=O. The molecule has 0 rings (SSSR count). The first-order chi connectivity index (χ1) is 8.31. The van der Waals surface area contributed by atoms with Gasteiger partial charge in [-0.2, -0.15) is 0 Å². The Balaban J connectivity index is 4.90. The Kier molecular flexibility index (Phi) is 7.21. The van der Waals surface area contributed by atoms with Gasteiger partial charge in [-0.25, -0.2) is 0 Å². The number of carbonyl (C=O) groups is 3. The molecule has 18 heavy (non-hydrogen) atoms. The second kappa shape index (κ2) is 7.83. The van der Waals surface area contributed by atoms with Gasteiger partial charge in [-0.3, -0.25) is 14.4 Å². The van der Waals surface area contributed by atoms with Crippen molar-refractivity contribution in [3.63, 3.8) is 0 Å². The molecule has 0 aliphatic heterocycles. The van der Waals surface area contributed by atoms with Gasteiger partial charge in [0.25, 0.3) is 17.9 Å². The number of methoxy groups -OCH3 is 1. The highest BCUT2D eigenvalue weighted by Crippen LogP contribution is 2.19. The van der Waals surface area contributed by atoms with Crippen LogP contribution in [-0.4, -0.2) is 40.4 Å². The van der Waals surface area contributed by atoms with Crippen molar-refractivity contribution >= 4 is 26.7 Å². The minimum atomic E-state index is -3.65. The summed E-state index contributed by atoms with van der Waals surface area (Å²) in [6.45, 7) is 3.85. The van der Waals surface area contributed by atoms with Crippen molar-refractivity contribution in [1.82, 2.24) is 0 Å². The van der Waals surface area contributed by atoms with Gasteiger partial charge < -0.3 is 18.0 Å². The molecule has 0 aromatic heterocycles. The second-order valence-corrected chi connectivity index (χ2v) is 6.04. The predicted molar refractivity (Wildman–Crippen MR) is 62.4 cm³/mol. The van der Waals surface area contributed by atoms with E-state index >= 15 is 0 Å². The highest BCUT2D eigenvalue weighted by atomic mass is 28.4. The van der Waals surface area contributed by atoms with E-state index in [2.05, 4.69) is 0 Å². The quantitative estimate of drug-likeness (QED) is 0.499. The standard InChI is InChI=1S/C10H18O7Si/c1-8(11)15-18(16-9(2)12,17-10(3)13)7-5-6-14-4/h5-7H2,1-4H3. The van der Waals surface area contributed by atoms with E-state index in [9.17, 15) is 14.4 Å². The molecule has 0 aromatic carbocycles. The summed E-state index contributed by atoms with van der Waals surface area (Å²) in [6, 6.07) is 0.138. The number of ether oxygens (including phenoxy) is 1. The minimum Gasteiger partial charge on any atom is -0.455 e. The van der Waals surface area contributed by atoms with Crippen molar-refractivity contribution in [2.75, 3.05) is 13.7 Å². The van der Waals surface area contributed by atoms with Gasteiger partial charge in [0, 0.05) is 34.5 Å². The molecule has 0 radical (unpaired) electrons. The Labute approximate surface area is 107 Å². The van der Waals surface area contributed by atoms with Crippen molar-refractivity contribution in [3.05, 3.63) is 0 Å². The lowest BCUT2D eigenvalue weighted by Gasteiger charge is -2.26. The molecule has 0 N–H and O–H groups in total. The third-order valence-corrected chi connectivity index (χ3v) is 4.49. The Bertz CT molecular complexity index is 275. The molecule has 0 aromatic rings. The van der Waals surface area contributed by atoms with Crippen LogP contribution in [0.2, 0.25) is 6.04 Å². The minimum absolute atomic E-state index is 0.138. The number of rotatable bonds is 7. The van der Waals surface area contributed by atoms with E-state index in [1.54, 1.807) is 0 Å². The molecule has 0 fully saturated rings. The first-order valence-corrected chi connectivity index (χ1v) is 7.32. The smallest absolute Gasteiger partial charge is 0.455 e. The van der Waals surface area contributed by atoms with Crippen molar-refractivity contribution in [2.24, 2.45) is 0 Å². The lowest BCUT2D eigenvalue weighted by Crippen LogP contribution is -2.49.